The predicted octanol–water partition coefficient (Wildman–Crippen LogP) is 5.06. The van der Waals surface area contributed by atoms with Crippen LogP contribution in [0.3, 0.4) is 0 Å². The first-order valence-electron chi connectivity index (χ1n) is 9.89. The molecule has 2 aliphatic heterocycles. The summed E-state index contributed by atoms with van der Waals surface area (Å²) in [7, 11) is 0. The van der Waals surface area contributed by atoms with Gasteiger partial charge < -0.3 is 4.74 Å². The number of fused-ring (bicyclic) bond motifs is 3. The molecule has 0 aromatic heterocycles. The van der Waals surface area contributed by atoms with Crippen molar-refractivity contribution in [2.75, 3.05) is 0 Å². The second-order valence-electron chi connectivity index (χ2n) is 7.75. The zero-order chi connectivity index (χ0) is 20.0. The fourth-order valence-electron chi connectivity index (χ4n) is 3.99. The Kier molecular flexibility index (Phi) is 4.20. The summed E-state index contributed by atoms with van der Waals surface area (Å²) >= 11 is 0. The molecule has 0 saturated carbocycles. The number of hydrogen-bond acceptors (Lipinski definition) is 4. The highest BCUT2D eigenvalue weighted by Gasteiger charge is 2.43. The minimum atomic E-state index is -0.763. The molecule has 0 saturated heterocycles. The van der Waals surface area contributed by atoms with Gasteiger partial charge >= 0.3 is 0 Å². The van der Waals surface area contributed by atoms with Crippen LogP contribution in [0.5, 0.6) is 5.75 Å². The van der Waals surface area contributed by atoms with Crippen LogP contribution in [0.2, 0.25) is 0 Å². The summed E-state index contributed by atoms with van der Waals surface area (Å²) in [5.74, 6) is 0.693. The van der Waals surface area contributed by atoms with Gasteiger partial charge in [-0.3, -0.25) is 4.79 Å². The Morgan fingerprint density at radius 2 is 1.59 bits per heavy atom. The van der Waals surface area contributed by atoms with Crippen molar-refractivity contribution in [3.8, 4) is 5.75 Å². The summed E-state index contributed by atoms with van der Waals surface area (Å²) in [5, 5.41) is 6.71. The number of hydrogen-bond donors (Lipinski definition) is 0. The van der Waals surface area contributed by atoms with Gasteiger partial charge in [0.05, 0.1) is 11.8 Å². The first kappa shape index (κ1) is 17.7. The molecule has 0 aliphatic carbocycles. The van der Waals surface area contributed by atoms with Crippen molar-refractivity contribution in [2.45, 2.75) is 32.5 Å². The lowest BCUT2D eigenvalue weighted by Crippen LogP contribution is -2.45. The summed E-state index contributed by atoms with van der Waals surface area (Å²) in [6.07, 6.45) is -0.0123. The number of benzene rings is 3. The lowest BCUT2D eigenvalue weighted by molar-refractivity contribution is -0.00455. The van der Waals surface area contributed by atoms with Gasteiger partial charge in [0.2, 0.25) is 5.78 Å². The Morgan fingerprint density at radius 1 is 0.931 bits per heavy atom. The highest BCUT2D eigenvalue weighted by molar-refractivity contribution is 6.03. The normalized spacial score (nSPS) is 19.8. The van der Waals surface area contributed by atoms with Crippen molar-refractivity contribution in [3.05, 3.63) is 101 Å². The second kappa shape index (κ2) is 6.89. The molecular formula is C25H22N2O2. The number of rotatable bonds is 3. The molecule has 0 N–H and O–H groups in total. The molecule has 0 bridgehead atoms. The molecule has 0 unspecified atom stereocenters. The van der Waals surface area contributed by atoms with E-state index in [0.29, 0.717) is 5.56 Å². The van der Waals surface area contributed by atoms with Crippen LogP contribution in [0.25, 0.3) is 0 Å². The zero-order valence-electron chi connectivity index (χ0n) is 16.5. The lowest BCUT2D eigenvalue weighted by Gasteiger charge is -2.37. The van der Waals surface area contributed by atoms with Gasteiger partial charge in [-0.05, 0) is 25.5 Å². The summed E-state index contributed by atoms with van der Waals surface area (Å²) < 4.78 is 6.16. The fourth-order valence-corrected chi connectivity index (χ4v) is 3.99. The van der Waals surface area contributed by atoms with E-state index < -0.39 is 6.23 Å². The standard InChI is InChI=1S/C25H22N2O2/c1-16-7-11-18(12-8-16)21-15-22-20-5-3-4-6-23(20)29-25(27(22)26-21)24(28)19-13-9-17(2)10-14-19/h3-14,22,25H,15H2,1-2H3/t22-,25+/m0/s1. The Balaban J connectivity index is 1.55. The topological polar surface area (TPSA) is 41.9 Å². The second-order valence-corrected chi connectivity index (χ2v) is 7.75. The third-order valence-corrected chi connectivity index (χ3v) is 5.64. The molecule has 4 heteroatoms. The van der Waals surface area contributed by atoms with Crippen LogP contribution >= 0.6 is 0 Å². The van der Waals surface area contributed by atoms with Crippen LogP contribution in [-0.2, 0) is 0 Å². The first-order chi connectivity index (χ1) is 14.1. The number of ether oxygens (including phenoxy) is 1. The van der Waals surface area contributed by atoms with Crippen molar-refractivity contribution < 1.29 is 9.53 Å². The van der Waals surface area contributed by atoms with Crippen LogP contribution in [0.1, 0.15) is 45.1 Å². The number of aryl methyl sites for hydroxylation is 2. The third kappa shape index (κ3) is 3.11. The number of carbonyl (C=O) groups excluding carboxylic acids is 1. The van der Waals surface area contributed by atoms with Crippen molar-refractivity contribution in [3.63, 3.8) is 0 Å². The Labute approximate surface area is 170 Å². The van der Waals surface area contributed by atoms with Gasteiger partial charge in [0.25, 0.3) is 6.23 Å². The number of Topliss-reactive ketones (excluding diaryl/α,β-unsaturated/α-hetero) is 1. The van der Waals surface area contributed by atoms with Gasteiger partial charge in [0.1, 0.15) is 5.75 Å². The molecule has 0 spiro atoms. The van der Waals surface area contributed by atoms with E-state index in [1.807, 2.05) is 54.4 Å². The highest BCUT2D eigenvalue weighted by atomic mass is 16.5. The average Bonchev–Trinajstić information content (AvgIpc) is 3.19. The third-order valence-electron chi connectivity index (χ3n) is 5.64. The van der Waals surface area contributed by atoms with Crippen molar-refractivity contribution in [1.82, 2.24) is 5.01 Å². The molecule has 2 heterocycles. The maximum absolute atomic E-state index is 13.3. The summed E-state index contributed by atoms with van der Waals surface area (Å²) in [6, 6.07) is 23.9. The van der Waals surface area contributed by atoms with Gasteiger partial charge in [0.15, 0.2) is 0 Å². The van der Waals surface area contributed by atoms with Crippen molar-refractivity contribution in [2.24, 2.45) is 5.10 Å². The number of hydrazone groups is 1. The number of para-hydroxylation sites is 1. The maximum atomic E-state index is 13.3. The predicted molar refractivity (Wildman–Crippen MR) is 113 cm³/mol. The summed E-state index contributed by atoms with van der Waals surface area (Å²) in [5.41, 5.74) is 6.12. The van der Waals surface area contributed by atoms with Gasteiger partial charge in [-0.2, -0.15) is 5.10 Å². The summed E-state index contributed by atoms with van der Waals surface area (Å²) in [6.45, 7) is 4.08. The highest BCUT2D eigenvalue weighted by Crippen LogP contribution is 2.43. The summed E-state index contributed by atoms with van der Waals surface area (Å²) in [4.78, 5) is 13.3. The molecule has 144 valence electrons. The van der Waals surface area contributed by atoms with Crippen LogP contribution in [0.15, 0.2) is 77.9 Å². The van der Waals surface area contributed by atoms with Gasteiger partial charge in [-0.15, -0.1) is 0 Å². The van der Waals surface area contributed by atoms with Gasteiger partial charge in [-0.1, -0.05) is 77.9 Å². The molecular weight excluding hydrogens is 360 g/mol. The minimum absolute atomic E-state index is 0.00403. The number of ketones is 1. The smallest absolute Gasteiger partial charge is 0.251 e. The first-order valence-corrected chi connectivity index (χ1v) is 9.89. The monoisotopic (exact) mass is 382 g/mol. The van der Waals surface area contributed by atoms with Crippen LogP contribution < -0.4 is 4.74 Å². The van der Waals surface area contributed by atoms with Gasteiger partial charge in [0, 0.05) is 17.5 Å². The Morgan fingerprint density at radius 3 is 2.31 bits per heavy atom. The molecule has 2 atom stereocenters. The van der Waals surface area contributed by atoms with E-state index in [0.717, 1.165) is 34.6 Å². The van der Waals surface area contributed by atoms with Crippen molar-refractivity contribution >= 4 is 11.5 Å². The molecule has 0 fully saturated rings. The number of nitrogens with zero attached hydrogens (tertiary/aromatic N) is 2. The van der Waals surface area contributed by atoms with E-state index in [2.05, 4.69) is 37.3 Å². The molecule has 29 heavy (non-hydrogen) atoms. The molecule has 3 aromatic carbocycles. The number of carbonyl (C=O) groups is 1. The lowest BCUT2D eigenvalue weighted by atomic mass is 9.95. The SMILES string of the molecule is Cc1ccc(C(=O)[C@H]2Oc3ccccc3[C@@H]3CC(c4ccc(C)cc4)=NN23)cc1. The largest absolute Gasteiger partial charge is 0.461 e. The van der Waals surface area contributed by atoms with E-state index in [1.165, 1.54) is 5.56 Å². The molecule has 5 rings (SSSR count). The van der Waals surface area contributed by atoms with E-state index >= 15 is 0 Å². The quantitative estimate of drug-likeness (QED) is 0.595. The molecule has 4 nitrogen and oxygen atoms in total. The van der Waals surface area contributed by atoms with E-state index in [-0.39, 0.29) is 11.8 Å². The van der Waals surface area contributed by atoms with Crippen LogP contribution in [-0.4, -0.2) is 22.7 Å². The average molecular weight is 382 g/mol. The van der Waals surface area contributed by atoms with E-state index in [4.69, 9.17) is 9.84 Å². The van der Waals surface area contributed by atoms with Gasteiger partial charge in [-0.25, -0.2) is 5.01 Å². The van der Waals surface area contributed by atoms with Crippen molar-refractivity contribution in [1.29, 1.82) is 0 Å². The molecule has 0 amide bonds. The minimum Gasteiger partial charge on any atom is -0.461 e. The molecule has 2 aliphatic rings. The van der Waals surface area contributed by atoms with Crippen LogP contribution in [0, 0.1) is 13.8 Å². The zero-order valence-corrected chi connectivity index (χ0v) is 16.5. The molecule has 3 aromatic rings. The van der Waals surface area contributed by atoms with E-state index in [1.54, 1.807) is 0 Å². The Hall–Kier alpha value is -3.40. The maximum Gasteiger partial charge on any atom is 0.251 e. The fraction of sp³-hybridized carbons (Fsp3) is 0.200. The Bertz CT molecular complexity index is 1100. The van der Waals surface area contributed by atoms with Crippen LogP contribution in [0.4, 0.5) is 0 Å². The molecule has 0 radical (unpaired) electrons. The van der Waals surface area contributed by atoms with E-state index in [9.17, 15) is 4.79 Å².